The van der Waals surface area contributed by atoms with Crippen LogP contribution in [0.5, 0.6) is 0 Å². The molecule has 0 spiro atoms. The molecule has 92 heavy (non-hydrogen) atoms. The van der Waals surface area contributed by atoms with Gasteiger partial charge in [0.15, 0.2) is 6.10 Å². The molecule has 510 valence electrons. The number of alkyl halides is 4. The molecule has 5 amide bonds. The lowest BCUT2D eigenvalue weighted by Crippen LogP contribution is -2.55. The lowest BCUT2D eigenvalue weighted by Gasteiger charge is -2.28. The number of carboxylic acid groups (broad SMARTS) is 2. The van der Waals surface area contributed by atoms with Crippen molar-refractivity contribution >= 4 is 41.5 Å². The molecule has 0 saturated carbocycles. The van der Waals surface area contributed by atoms with Crippen molar-refractivity contribution in [3.05, 3.63) is 142 Å². The number of hydrogen-bond donors (Lipinski definition) is 9. The predicted octanol–water partition coefficient (Wildman–Crippen LogP) is 7.27. The second-order valence-electron chi connectivity index (χ2n) is 22.7. The summed E-state index contributed by atoms with van der Waals surface area (Å²) in [5.41, 5.74) is 1.42. The summed E-state index contributed by atoms with van der Waals surface area (Å²) >= 11 is 0. The van der Waals surface area contributed by atoms with Gasteiger partial charge in [-0.2, -0.15) is 0 Å². The van der Waals surface area contributed by atoms with Gasteiger partial charge in [-0.15, -0.1) is 0 Å². The van der Waals surface area contributed by atoms with Gasteiger partial charge in [-0.05, 0) is 105 Å². The third-order valence-corrected chi connectivity index (χ3v) is 14.8. The molecule has 2 unspecified atom stereocenters. The molecule has 2 aliphatic rings. The van der Waals surface area contributed by atoms with E-state index < -0.39 is 163 Å². The quantitative estimate of drug-likeness (QED) is 0.0177. The van der Waals surface area contributed by atoms with Crippen LogP contribution in [0.25, 0.3) is 0 Å². The van der Waals surface area contributed by atoms with Gasteiger partial charge in [0.2, 0.25) is 36.5 Å². The summed E-state index contributed by atoms with van der Waals surface area (Å²) in [7, 11) is 0. The topological polar surface area (TPSA) is 282 Å². The van der Waals surface area contributed by atoms with Crippen LogP contribution in [0.2, 0.25) is 0 Å². The smallest absolute Gasteiger partial charge is 0.335 e. The van der Waals surface area contributed by atoms with Gasteiger partial charge in [0.1, 0.15) is 47.5 Å². The van der Waals surface area contributed by atoms with Crippen molar-refractivity contribution in [3.8, 4) is 0 Å². The van der Waals surface area contributed by atoms with E-state index >= 15 is 0 Å². The first kappa shape index (κ1) is 78.7. The van der Waals surface area contributed by atoms with Crippen molar-refractivity contribution in [1.29, 1.82) is 0 Å². The van der Waals surface area contributed by atoms with E-state index in [2.05, 4.69) is 26.6 Å². The molecular formula is C65H86F8N6O13. The highest BCUT2D eigenvalue weighted by Crippen LogP contribution is 2.25. The van der Waals surface area contributed by atoms with Crippen molar-refractivity contribution in [2.45, 2.75) is 168 Å². The highest BCUT2D eigenvalue weighted by atomic mass is 19.3. The number of carbonyl (C=O) groups excluding carboxylic acids is 5. The number of amides is 5. The SMILES string of the molecule is C.CC(C)[C@H](O)C(=O)N1C[C@H](OCCCc2ccccc2)CC1C(=O)N[C@@H](CC(F)F)C(=O)NCCc1c(F)cc(C(=O)O)cc1F.CC(C)[C@H](O)C(=O)O.Cc1cc(F)c(CCNC(=O)[C@H](CC(F)F)NC(=O)C2C[C@@H](OCCCc3ccccc3)CN2)c(F)c1. The molecule has 27 heteroatoms. The van der Waals surface area contributed by atoms with E-state index in [9.17, 15) is 73.8 Å². The van der Waals surface area contributed by atoms with Gasteiger partial charge in [0, 0.05) is 69.8 Å². The van der Waals surface area contributed by atoms with E-state index in [1.165, 1.54) is 17.7 Å². The van der Waals surface area contributed by atoms with Crippen molar-refractivity contribution < 1.29 is 98.6 Å². The Morgan fingerprint density at radius 3 is 1.46 bits per heavy atom. The van der Waals surface area contributed by atoms with Gasteiger partial charge >= 0.3 is 11.9 Å². The Morgan fingerprint density at radius 2 is 1.04 bits per heavy atom. The van der Waals surface area contributed by atoms with Crippen LogP contribution < -0.4 is 26.6 Å². The molecule has 8 atom stereocenters. The zero-order valence-electron chi connectivity index (χ0n) is 51.3. The number of aryl methyl sites for hydroxylation is 3. The molecule has 2 saturated heterocycles. The Morgan fingerprint density at radius 1 is 0.609 bits per heavy atom. The van der Waals surface area contributed by atoms with Gasteiger partial charge in [-0.25, -0.2) is 44.7 Å². The highest BCUT2D eigenvalue weighted by Gasteiger charge is 2.44. The average molecular weight is 1310 g/mol. The van der Waals surface area contributed by atoms with Crippen LogP contribution >= 0.6 is 0 Å². The monoisotopic (exact) mass is 1310 g/mol. The lowest BCUT2D eigenvalue weighted by molar-refractivity contribution is -0.149. The van der Waals surface area contributed by atoms with Crippen LogP contribution in [0.15, 0.2) is 84.9 Å². The van der Waals surface area contributed by atoms with Crippen molar-refractivity contribution in [3.63, 3.8) is 0 Å². The minimum atomic E-state index is -3.01. The number of carboxylic acids is 2. The van der Waals surface area contributed by atoms with E-state index in [0.29, 0.717) is 50.3 Å². The number of rotatable bonds is 31. The van der Waals surface area contributed by atoms with E-state index in [1.54, 1.807) is 34.6 Å². The van der Waals surface area contributed by atoms with Crippen LogP contribution in [0.3, 0.4) is 0 Å². The van der Waals surface area contributed by atoms with Crippen molar-refractivity contribution in [2.24, 2.45) is 11.8 Å². The van der Waals surface area contributed by atoms with Gasteiger partial charge in [-0.1, -0.05) is 95.8 Å². The van der Waals surface area contributed by atoms with Crippen molar-refractivity contribution in [1.82, 2.24) is 31.5 Å². The Hall–Kier alpha value is -7.59. The maximum absolute atomic E-state index is 14.3. The first-order chi connectivity index (χ1) is 43.1. The zero-order valence-corrected chi connectivity index (χ0v) is 51.3. The van der Waals surface area contributed by atoms with Gasteiger partial charge in [0.05, 0.1) is 23.8 Å². The average Bonchev–Trinajstić information content (AvgIpc) is 1.63. The number of aliphatic carboxylic acids is 1. The van der Waals surface area contributed by atoms with Crippen LogP contribution in [-0.4, -0.2) is 168 Å². The number of nitrogens with zero attached hydrogens (tertiary/aromatic N) is 1. The van der Waals surface area contributed by atoms with Gasteiger partial charge in [0.25, 0.3) is 5.91 Å². The number of ether oxygens (including phenoxy) is 2. The summed E-state index contributed by atoms with van der Waals surface area (Å²) < 4.78 is 121. The Kier molecular flexibility index (Phi) is 34.0. The van der Waals surface area contributed by atoms with E-state index in [-0.39, 0.29) is 50.9 Å². The molecular weight excluding hydrogens is 1220 g/mol. The third kappa shape index (κ3) is 26.6. The standard InChI is InChI=1S/C32H39F4N3O7.C27H33F4N3O3.C5H10O3.CH4/c1-18(2)28(40)31(43)39-17-21(46-12-6-9-19-7-4-3-5-8-19)15-26(39)30(42)38-25(16-27(35)36)29(41)37-11-10-22-23(33)13-20(32(44)45)14-24(22)34;1-17-12-21(28)20(22(29)13-17)9-10-32-26(35)24(15-25(30)31)34-27(36)23-14-19(16-33-23)37-11-5-8-18-6-3-2-4-7-18;1-3(2)4(6)5(7)8;/h3-5,7-8,13-14,18,21,25-28,40H,6,9-12,15-17H2,1-2H3,(H,37,41)(H,38,42)(H,44,45);2-4,6-7,12-13,19,23-25,33H,5,8-11,14-16H2,1H3,(H,32,35)(H,34,36);3-4,6H,1-2H3,(H,7,8);1H4/t21-,25+,26?,28+;19-,23?,24+;4-;/m110./s1. The summed E-state index contributed by atoms with van der Waals surface area (Å²) in [5.74, 6) is -11.3. The molecule has 2 aliphatic heterocycles. The minimum absolute atomic E-state index is 0. The normalized spacial score (nSPS) is 17.3. The Balaban J connectivity index is 0.000000431. The molecule has 0 bridgehead atoms. The lowest BCUT2D eigenvalue weighted by atomic mass is 10.1. The number of likely N-dealkylation sites (tertiary alicyclic amines) is 1. The number of aromatic carboxylic acids is 1. The Labute approximate surface area is 530 Å². The van der Waals surface area contributed by atoms with Crippen LogP contribution in [0.4, 0.5) is 35.1 Å². The molecule has 9 N–H and O–H groups in total. The fraction of sp³-hybridized carbons (Fsp3) is 0.523. The molecule has 19 nitrogen and oxygen atoms in total. The summed E-state index contributed by atoms with van der Waals surface area (Å²) in [5, 5.41) is 48.4. The number of nitrogens with one attached hydrogen (secondary N) is 5. The van der Waals surface area contributed by atoms with Crippen LogP contribution in [0, 0.1) is 42.0 Å². The number of carbonyl (C=O) groups is 7. The first-order valence-electron chi connectivity index (χ1n) is 29.9. The predicted molar refractivity (Wildman–Crippen MR) is 325 cm³/mol. The largest absolute Gasteiger partial charge is 0.479 e. The van der Waals surface area contributed by atoms with Crippen LogP contribution in [-0.2, 0) is 63.9 Å². The molecule has 2 fully saturated rings. The minimum Gasteiger partial charge on any atom is -0.479 e. The van der Waals surface area contributed by atoms with Crippen LogP contribution in [0.1, 0.15) is 112 Å². The van der Waals surface area contributed by atoms with Crippen molar-refractivity contribution in [2.75, 3.05) is 39.4 Å². The maximum Gasteiger partial charge on any atom is 0.335 e. The summed E-state index contributed by atoms with van der Waals surface area (Å²) in [6.45, 7) is 8.74. The van der Waals surface area contributed by atoms with Gasteiger partial charge < -0.3 is 61.4 Å². The molecule has 6 rings (SSSR count). The second-order valence-corrected chi connectivity index (χ2v) is 22.7. The summed E-state index contributed by atoms with van der Waals surface area (Å²) in [6.07, 6.45) is -8.38. The number of aliphatic hydroxyl groups is 2. The first-order valence-corrected chi connectivity index (χ1v) is 29.9. The summed E-state index contributed by atoms with van der Waals surface area (Å²) in [6, 6.07) is 18.2. The number of benzene rings is 4. The molecule has 4 aromatic carbocycles. The molecule has 2 heterocycles. The van der Waals surface area contributed by atoms with Gasteiger partial charge in [-0.3, -0.25) is 24.0 Å². The molecule has 0 radical (unpaired) electrons. The Bertz CT molecular complexity index is 2950. The van der Waals surface area contributed by atoms with E-state index in [0.717, 1.165) is 29.7 Å². The number of aliphatic hydroxyl groups excluding tert-OH is 2. The fourth-order valence-electron chi connectivity index (χ4n) is 9.68. The van der Waals surface area contributed by atoms with E-state index in [4.69, 9.17) is 24.8 Å². The molecule has 0 aromatic heterocycles. The zero-order chi connectivity index (χ0) is 67.5. The summed E-state index contributed by atoms with van der Waals surface area (Å²) in [4.78, 5) is 86.5. The number of hydrogen-bond acceptors (Lipinski definition) is 12. The van der Waals surface area contributed by atoms with E-state index in [1.807, 2.05) is 60.7 Å². The maximum atomic E-state index is 14.3. The fourth-order valence-corrected chi connectivity index (χ4v) is 9.68. The second kappa shape index (κ2) is 39.7. The highest BCUT2D eigenvalue weighted by molar-refractivity contribution is 5.94. The molecule has 0 aliphatic carbocycles. The third-order valence-electron chi connectivity index (χ3n) is 14.8. The number of halogens is 8. The molecule has 4 aromatic rings.